The molecule has 3 nitrogen and oxygen atoms in total. The highest BCUT2D eigenvalue weighted by molar-refractivity contribution is 6.19. The van der Waals surface area contributed by atoms with Crippen LogP contribution in [0.15, 0.2) is 91.0 Å². The third-order valence-electron chi connectivity index (χ3n) is 6.94. The third-order valence-corrected chi connectivity index (χ3v) is 6.94. The molecule has 0 unspecified atom stereocenters. The van der Waals surface area contributed by atoms with Crippen LogP contribution < -0.4 is 0 Å². The van der Waals surface area contributed by atoms with Crippen molar-refractivity contribution in [1.82, 2.24) is 0 Å². The molecule has 0 bridgehead atoms. The van der Waals surface area contributed by atoms with Crippen LogP contribution in [-0.4, -0.2) is 4.92 Å². The van der Waals surface area contributed by atoms with Gasteiger partial charge >= 0.3 is 0 Å². The molecule has 0 N–H and O–H groups in total. The number of fused-ring (bicyclic) bond motifs is 6. The normalized spacial score (nSPS) is 13.8. The predicted octanol–water partition coefficient (Wildman–Crippen LogP) is 7.87. The summed E-state index contributed by atoms with van der Waals surface area (Å²) >= 11 is 0. The Labute approximate surface area is 186 Å². The van der Waals surface area contributed by atoms with E-state index in [0.29, 0.717) is 10.9 Å². The van der Waals surface area contributed by atoms with Gasteiger partial charge in [0, 0.05) is 5.41 Å². The summed E-state index contributed by atoms with van der Waals surface area (Å²) in [6.07, 6.45) is 0. The van der Waals surface area contributed by atoms with E-state index in [1.807, 2.05) is 48.5 Å². The molecule has 0 radical (unpaired) electrons. The molecule has 0 aromatic heterocycles. The molecule has 5 aromatic rings. The molecule has 6 rings (SSSR count). The summed E-state index contributed by atoms with van der Waals surface area (Å²) in [6, 6.07) is 30.4. The average molecular weight is 415 g/mol. The molecule has 0 atom stereocenters. The first kappa shape index (κ1) is 18.8. The lowest BCUT2D eigenvalue weighted by molar-refractivity contribution is -0.382. The van der Waals surface area contributed by atoms with E-state index in [2.05, 4.69) is 56.3 Å². The van der Waals surface area contributed by atoms with Gasteiger partial charge in [0.1, 0.15) is 0 Å². The summed E-state index contributed by atoms with van der Waals surface area (Å²) < 4.78 is 0. The zero-order valence-electron chi connectivity index (χ0n) is 17.9. The van der Waals surface area contributed by atoms with Gasteiger partial charge in [0.25, 0.3) is 5.69 Å². The van der Waals surface area contributed by atoms with Crippen molar-refractivity contribution < 1.29 is 4.92 Å². The van der Waals surface area contributed by atoms with Gasteiger partial charge in [-0.25, -0.2) is 0 Å². The summed E-state index contributed by atoms with van der Waals surface area (Å²) in [5.41, 5.74) is 6.36. The molecule has 0 spiro atoms. The van der Waals surface area contributed by atoms with Gasteiger partial charge in [0.15, 0.2) is 0 Å². The van der Waals surface area contributed by atoms with Gasteiger partial charge in [-0.05, 0) is 50.0 Å². The van der Waals surface area contributed by atoms with Crippen LogP contribution in [0.5, 0.6) is 0 Å². The lowest BCUT2D eigenvalue weighted by Crippen LogP contribution is -2.16. The van der Waals surface area contributed by atoms with Crippen molar-refractivity contribution in [3.63, 3.8) is 0 Å². The zero-order chi connectivity index (χ0) is 22.0. The Hall–Kier alpha value is -3.98. The molecule has 0 aliphatic heterocycles. The van der Waals surface area contributed by atoms with E-state index in [4.69, 9.17) is 0 Å². The minimum Gasteiger partial charge on any atom is -0.258 e. The van der Waals surface area contributed by atoms with Crippen molar-refractivity contribution in [2.24, 2.45) is 0 Å². The summed E-state index contributed by atoms with van der Waals surface area (Å²) in [6.45, 7) is 4.44. The Bertz CT molecular complexity index is 1580. The Morgan fingerprint density at radius 3 is 1.88 bits per heavy atom. The maximum atomic E-state index is 12.5. The van der Waals surface area contributed by atoms with Gasteiger partial charge in [-0.3, -0.25) is 10.1 Å². The van der Waals surface area contributed by atoms with Crippen molar-refractivity contribution >= 4 is 27.2 Å². The number of hydrogen-bond donors (Lipinski definition) is 0. The third kappa shape index (κ3) is 2.36. The summed E-state index contributed by atoms with van der Waals surface area (Å²) in [7, 11) is 0. The summed E-state index contributed by atoms with van der Waals surface area (Å²) in [5, 5.41) is 16.1. The Kier molecular flexibility index (Phi) is 3.82. The number of nitro benzene ring substituents is 1. The van der Waals surface area contributed by atoms with E-state index in [0.717, 1.165) is 32.8 Å². The highest BCUT2D eigenvalue weighted by Crippen LogP contribution is 2.54. The van der Waals surface area contributed by atoms with Crippen LogP contribution in [-0.2, 0) is 5.41 Å². The molecular weight excluding hydrogens is 394 g/mol. The van der Waals surface area contributed by atoms with Crippen molar-refractivity contribution in [2.75, 3.05) is 0 Å². The highest BCUT2D eigenvalue weighted by Gasteiger charge is 2.39. The smallest absolute Gasteiger partial charge is 0.258 e. The first-order valence-electron chi connectivity index (χ1n) is 10.8. The molecule has 3 heteroatoms. The molecular formula is C29H21NO2. The standard InChI is InChI=1S/C29H21NO2/c1-29(2)25-17-8-7-12-20(25)22-15-9-16-24(27(22)29)26-21-13-5-3-10-18(21)19-11-4-6-14-23(19)28(26)30(31)32/h3-17H,1-2H3. The molecule has 0 amide bonds. The van der Waals surface area contributed by atoms with Gasteiger partial charge < -0.3 is 0 Å². The van der Waals surface area contributed by atoms with Crippen molar-refractivity contribution in [3.8, 4) is 22.3 Å². The van der Waals surface area contributed by atoms with E-state index in [1.54, 1.807) is 0 Å². The highest BCUT2D eigenvalue weighted by atomic mass is 16.6. The molecule has 1 aliphatic rings. The van der Waals surface area contributed by atoms with Crippen LogP contribution in [0.25, 0.3) is 43.8 Å². The second kappa shape index (κ2) is 6.51. The zero-order valence-corrected chi connectivity index (χ0v) is 17.9. The fraction of sp³-hybridized carbons (Fsp3) is 0.103. The monoisotopic (exact) mass is 415 g/mol. The maximum Gasteiger partial charge on any atom is 0.285 e. The lowest BCUT2D eigenvalue weighted by Gasteiger charge is -2.25. The van der Waals surface area contributed by atoms with E-state index in [-0.39, 0.29) is 16.0 Å². The topological polar surface area (TPSA) is 43.1 Å². The Morgan fingerprint density at radius 2 is 1.16 bits per heavy atom. The minimum atomic E-state index is -0.261. The van der Waals surface area contributed by atoms with Crippen molar-refractivity contribution in [1.29, 1.82) is 0 Å². The van der Waals surface area contributed by atoms with Crippen molar-refractivity contribution in [2.45, 2.75) is 19.3 Å². The van der Waals surface area contributed by atoms with Crippen LogP contribution in [0.2, 0.25) is 0 Å². The maximum absolute atomic E-state index is 12.5. The van der Waals surface area contributed by atoms with Crippen molar-refractivity contribution in [3.05, 3.63) is 112 Å². The Balaban J connectivity index is 1.83. The SMILES string of the molecule is CC1(C)c2ccccc2-c2cccc(-c3c([N+](=O)[O-])c4ccccc4c4ccccc34)c21. The van der Waals surface area contributed by atoms with Crippen LogP contribution in [0, 0.1) is 10.1 Å². The second-order valence-corrected chi connectivity index (χ2v) is 8.97. The summed E-state index contributed by atoms with van der Waals surface area (Å²) in [5.74, 6) is 0. The molecule has 0 saturated heterocycles. The molecule has 154 valence electrons. The molecule has 0 saturated carbocycles. The molecule has 0 heterocycles. The van der Waals surface area contributed by atoms with Crippen LogP contribution in [0.1, 0.15) is 25.0 Å². The first-order chi connectivity index (χ1) is 15.5. The van der Waals surface area contributed by atoms with Gasteiger partial charge in [-0.1, -0.05) is 98.8 Å². The fourth-order valence-corrected chi connectivity index (χ4v) is 5.64. The van der Waals surface area contributed by atoms with Gasteiger partial charge in [-0.15, -0.1) is 0 Å². The van der Waals surface area contributed by atoms with Gasteiger partial charge in [0.2, 0.25) is 0 Å². The largest absolute Gasteiger partial charge is 0.285 e. The van der Waals surface area contributed by atoms with Crippen LogP contribution in [0.3, 0.4) is 0 Å². The average Bonchev–Trinajstić information content (AvgIpc) is 3.05. The van der Waals surface area contributed by atoms with Crippen LogP contribution in [0.4, 0.5) is 5.69 Å². The second-order valence-electron chi connectivity index (χ2n) is 8.97. The first-order valence-corrected chi connectivity index (χ1v) is 10.8. The minimum absolute atomic E-state index is 0.180. The fourth-order valence-electron chi connectivity index (χ4n) is 5.64. The predicted molar refractivity (Wildman–Crippen MR) is 131 cm³/mol. The quantitative estimate of drug-likeness (QED) is 0.167. The van der Waals surface area contributed by atoms with Gasteiger partial charge in [-0.2, -0.15) is 0 Å². The Morgan fingerprint density at radius 1 is 0.625 bits per heavy atom. The number of benzene rings is 5. The molecule has 5 aromatic carbocycles. The molecule has 32 heavy (non-hydrogen) atoms. The van der Waals surface area contributed by atoms with E-state index in [9.17, 15) is 10.1 Å². The van der Waals surface area contributed by atoms with E-state index < -0.39 is 0 Å². The lowest BCUT2D eigenvalue weighted by atomic mass is 9.77. The van der Waals surface area contributed by atoms with Gasteiger partial charge in [0.05, 0.1) is 15.9 Å². The number of nitro groups is 1. The number of nitrogens with zero attached hydrogens (tertiary/aromatic N) is 1. The number of hydrogen-bond acceptors (Lipinski definition) is 2. The van der Waals surface area contributed by atoms with E-state index >= 15 is 0 Å². The molecule has 1 aliphatic carbocycles. The summed E-state index contributed by atoms with van der Waals surface area (Å²) in [4.78, 5) is 12.3. The molecule has 0 fully saturated rings. The van der Waals surface area contributed by atoms with Crippen LogP contribution >= 0.6 is 0 Å². The van der Waals surface area contributed by atoms with E-state index in [1.165, 1.54) is 11.1 Å². The number of rotatable bonds is 2.